The van der Waals surface area contributed by atoms with Crippen LogP contribution in [0.3, 0.4) is 0 Å². The minimum absolute atomic E-state index is 0.00454. The van der Waals surface area contributed by atoms with Gasteiger partial charge < -0.3 is 9.64 Å². The predicted octanol–water partition coefficient (Wildman–Crippen LogP) is 6.34. The molecule has 4 nitrogen and oxygen atoms in total. The third-order valence-corrected chi connectivity index (χ3v) is 5.86. The fourth-order valence-corrected chi connectivity index (χ4v) is 4.12. The first-order chi connectivity index (χ1) is 16.6. The van der Waals surface area contributed by atoms with E-state index < -0.39 is 0 Å². The molecule has 0 bridgehead atoms. The number of pyridine rings is 1. The number of hydrogen-bond donors (Lipinski definition) is 0. The second kappa shape index (κ2) is 10.8. The van der Waals surface area contributed by atoms with Crippen molar-refractivity contribution in [3.05, 3.63) is 108 Å². The highest BCUT2D eigenvalue weighted by atomic mass is 16.5. The van der Waals surface area contributed by atoms with Crippen molar-refractivity contribution in [3.8, 4) is 16.9 Å². The first-order valence-electron chi connectivity index (χ1n) is 11.6. The molecule has 0 aliphatic heterocycles. The van der Waals surface area contributed by atoms with Crippen LogP contribution in [0.25, 0.3) is 22.0 Å². The van der Waals surface area contributed by atoms with Gasteiger partial charge in [0, 0.05) is 31.2 Å². The number of ether oxygens (including phenoxy) is 1. The van der Waals surface area contributed by atoms with E-state index in [0.29, 0.717) is 18.6 Å². The lowest BCUT2D eigenvalue weighted by Crippen LogP contribution is -2.21. The Morgan fingerprint density at radius 2 is 1.79 bits per heavy atom. The lowest BCUT2D eigenvalue weighted by atomic mass is 9.99. The average molecular weight is 451 g/mol. The Kier molecular flexibility index (Phi) is 7.38. The minimum atomic E-state index is -0.00454. The Bertz CT molecular complexity index is 1300. The molecule has 3 aromatic carbocycles. The summed E-state index contributed by atoms with van der Waals surface area (Å²) in [6, 6.07) is 24.3. The van der Waals surface area contributed by atoms with Gasteiger partial charge in [-0.25, -0.2) is 0 Å². The molecule has 1 aromatic heterocycles. The van der Waals surface area contributed by atoms with Crippen LogP contribution >= 0.6 is 0 Å². The van der Waals surface area contributed by atoms with Crippen molar-refractivity contribution in [2.45, 2.75) is 19.3 Å². The summed E-state index contributed by atoms with van der Waals surface area (Å²) in [6.07, 6.45) is 6.33. The van der Waals surface area contributed by atoms with E-state index in [1.54, 1.807) is 19.0 Å². The fraction of sp³-hybridized carbons (Fsp3) is 0.200. The quantitative estimate of drug-likeness (QED) is 0.221. The first kappa shape index (κ1) is 23.2. The zero-order valence-electron chi connectivity index (χ0n) is 19.8. The number of rotatable bonds is 9. The molecule has 0 saturated carbocycles. The van der Waals surface area contributed by atoms with Gasteiger partial charge in [-0.15, -0.1) is 6.58 Å². The Morgan fingerprint density at radius 3 is 2.62 bits per heavy atom. The van der Waals surface area contributed by atoms with Crippen LogP contribution in [0.5, 0.6) is 5.75 Å². The van der Waals surface area contributed by atoms with Crippen molar-refractivity contribution in [1.29, 1.82) is 0 Å². The maximum Gasteiger partial charge on any atom is 0.253 e. The number of amides is 1. The number of para-hydroxylation sites is 1. The molecular weight excluding hydrogens is 420 g/mol. The molecular formula is C30H30N2O2. The Labute approximate surface area is 201 Å². The zero-order valence-corrected chi connectivity index (χ0v) is 19.8. The molecule has 4 aromatic rings. The molecule has 0 aliphatic rings. The van der Waals surface area contributed by atoms with Gasteiger partial charge in [-0.2, -0.15) is 0 Å². The van der Waals surface area contributed by atoms with Gasteiger partial charge in [0.1, 0.15) is 5.75 Å². The third kappa shape index (κ3) is 5.34. The lowest BCUT2D eigenvalue weighted by Gasteiger charge is -2.14. The van der Waals surface area contributed by atoms with Crippen LogP contribution in [0.15, 0.2) is 91.6 Å². The smallest absolute Gasteiger partial charge is 0.253 e. The highest BCUT2D eigenvalue weighted by Gasteiger charge is 2.11. The third-order valence-electron chi connectivity index (χ3n) is 5.86. The molecule has 0 N–H and O–H groups in total. The van der Waals surface area contributed by atoms with Crippen molar-refractivity contribution < 1.29 is 9.53 Å². The number of benzene rings is 3. The van der Waals surface area contributed by atoms with Crippen molar-refractivity contribution in [1.82, 2.24) is 9.88 Å². The van der Waals surface area contributed by atoms with Crippen molar-refractivity contribution in [2.24, 2.45) is 0 Å². The summed E-state index contributed by atoms with van der Waals surface area (Å²) < 4.78 is 6.18. The first-order valence-corrected chi connectivity index (χ1v) is 11.6. The second-order valence-electron chi connectivity index (χ2n) is 8.53. The van der Waals surface area contributed by atoms with Gasteiger partial charge >= 0.3 is 0 Å². The van der Waals surface area contributed by atoms with Crippen LogP contribution < -0.4 is 4.74 Å². The number of allylic oxidation sites excluding steroid dienone is 1. The van der Waals surface area contributed by atoms with Crippen LogP contribution in [0, 0.1) is 0 Å². The summed E-state index contributed by atoms with van der Waals surface area (Å²) in [5.74, 6) is 0.874. The molecule has 0 spiro atoms. The van der Waals surface area contributed by atoms with Crippen molar-refractivity contribution in [3.63, 3.8) is 0 Å². The van der Waals surface area contributed by atoms with Crippen LogP contribution in [0.2, 0.25) is 0 Å². The van der Waals surface area contributed by atoms with Gasteiger partial charge in [0.15, 0.2) is 0 Å². The number of carbonyl (C=O) groups excluding carboxylic acids is 1. The number of aryl methyl sites for hydroxylation is 1. The van der Waals surface area contributed by atoms with Crippen LogP contribution in [-0.4, -0.2) is 36.5 Å². The van der Waals surface area contributed by atoms with E-state index in [0.717, 1.165) is 40.8 Å². The molecule has 0 saturated heterocycles. The summed E-state index contributed by atoms with van der Waals surface area (Å²) >= 11 is 0. The predicted molar refractivity (Wildman–Crippen MR) is 139 cm³/mol. The Morgan fingerprint density at radius 1 is 0.971 bits per heavy atom. The van der Waals surface area contributed by atoms with E-state index in [4.69, 9.17) is 4.74 Å². The standard InChI is InChI=1S/C30H30N2O2/c1-4-9-25-20-24(23-10-7-11-26(21-23)30(33)32(2)3)15-16-29(25)34-19-8-12-22-17-18-31-28-14-6-5-13-27(22)28/h4-7,10-11,13-18,20-21H,1,8-9,12,19H2,2-3H3. The molecule has 0 unspecified atom stereocenters. The Hall–Kier alpha value is -3.92. The molecule has 1 amide bonds. The van der Waals surface area contributed by atoms with E-state index in [1.807, 2.05) is 54.7 Å². The summed E-state index contributed by atoms with van der Waals surface area (Å²) in [4.78, 5) is 18.4. The minimum Gasteiger partial charge on any atom is -0.493 e. The summed E-state index contributed by atoms with van der Waals surface area (Å²) in [5.41, 5.74) is 6.15. The number of carbonyl (C=O) groups is 1. The largest absolute Gasteiger partial charge is 0.493 e. The molecule has 0 radical (unpaired) electrons. The lowest BCUT2D eigenvalue weighted by molar-refractivity contribution is 0.0827. The molecule has 172 valence electrons. The topological polar surface area (TPSA) is 42.4 Å². The van der Waals surface area contributed by atoms with Crippen molar-refractivity contribution >= 4 is 16.8 Å². The zero-order chi connectivity index (χ0) is 23.9. The number of aromatic nitrogens is 1. The molecule has 4 heteroatoms. The molecule has 34 heavy (non-hydrogen) atoms. The monoisotopic (exact) mass is 450 g/mol. The molecule has 0 atom stereocenters. The second-order valence-corrected chi connectivity index (χ2v) is 8.53. The molecule has 0 aliphatic carbocycles. The maximum atomic E-state index is 12.4. The number of nitrogens with zero attached hydrogens (tertiary/aromatic N) is 2. The molecule has 4 rings (SSSR count). The van der Waals surface area contributed by atoms with Crippen LogP contribution in [-0.2, 0) is 12.8 Å². The SMILES string of the molecule is C=CCc1cc(-c2cccc(C(=O)N(C)C)c2)ccc1OCCCc1ccnc2ccccc12. The maximum absolute atomic E-state index is 12.4. The molecule has 1 heterocycles. The number of fused-ring (bicyclic) bond motifs is 1. The van der Waals surface area contributed by atoms with E-state index in [-0.39, 0.29) is 5.91 Å². The number of hydrogen-bond acceptors (Lipinski definition) is 3. The van der Waals surface area contributed by atoms with Gasteiger partial charge in [-0.05, 0) is 77.9 Å². The fourth-order valence-electron chi connectivity index (χ4n) is 4.12. The van der Waals surface area contributed by atoms with Crippen molar-refractivity contribution in [2.75, 3.05) is 20.7 Å². The highest BCUT2D eigenvalue weighted by Crippen LogP contribution is 2.28. The van der Waals surface area contributed by atoms with E-state index in [2.05, 4.69) is 41.9 Å². The Balaban J connectivity index is 1.46. The van der Waals surface area contributed by atoms with Gasteiger partial charge in [0.2, 0.25) is 0 Å². The summed E-state index contributed by atoms with van der Waals surface area (Å²) in [7, 11) is 3.53. The van der Waals surface area contributed by atoms with Gasteiger partial charge in [0.05, 0.1) is 12.1 Å². The van der Waals surface area contributed by atoms with Gasteiger partial charge in [-0.1, -0.05) is 42.5 Å². The summed E-state index contributed by atoms with van der Waals surface area (Å²) in [5, 5.41) is 1.21. The van der Waals surface area contributed by atoms with E-state index >= 15 is 0 Å². The van der Waals surface area contributed by atoms with E-state index in [1.165, 1.54) is 10.9 Å². The van der Waals surface area contributed by atoms with Gasteiger partial charge in [0.25, 0.3) is 5.91 Å². The molecule has 0 fully saturated rings. The normalized spacial score (nSPS) is 10.8. The average Bonchev–Trinajstić information content (AvgIpc) is 2.87. The van der Waals surface area contributed by atoms with Crippen LogP contribution in [0.4, 0.5) is 0 Å². The summed E-state index contributed by atoms with van der Waals surface area (Å²) in [6.45, 7) is 4.54. The van der Waals surface area contributed by atoms with Crippen LogP contribution in [0.1, 0.15) is 27.9 Å². The van der Waals surface area contributed by atoms with E-state index in [9.17, 15) is 4.79 Å². The highest BCUT2D eigenvalue weighted by molar-refractivity contribution is 5.95. The van der Waals surface area contributed by atoms with Gasteiger partial charge in [-0.3, -0.25) is 9.78 Å².